The van der Waals surface area contributed by atoms with Crippen LogP contribution in [0.5, 0.6) is 0 Å². The molecule has 0 fully saturated rings. The molecule has 1 unspecified atom stereocenters. The Morgan fingerprint density at radius 1 is 1.58 bits per heavy atom. The molecule has 6 nitrogen and oxygen atoms in total. The Kier molecular flexibility index (Phi) is 6.82. The SMILES string of the molecule is Cc1nc(CSCCC(=O)NC(CO)C(=O)O)cs1. The van der Waals surface area contributed by atoms with E-state index in [4.69, 9.17) is 10.2 Å². The van der Waals surface area contributed by atoms with Crippen molar-refractivity contribution in [1.29, 1.82) is 0 Å². The van der Waals surface area contributed by atoms with Crippen LogP contribution in [-0.2, 0) is 15.3 Å². The van der Waals surface area contributed by atoms with Crippen molar-refractivity contribution in [2.45, 2.75) is 25.1 Å². The molecule has 106 valence electrons. The van der Waals surface area contributed by atoms with Gasteiger partial charge in [-0.1, -0.05) is 0 Å². The molecule has 0 aliphatic carbocycles. The van der Waals surface area contributed by atoms with Crippen LogP contribution >= 0.6 is 23.1 Å². The number of thioether (sulfide) groups is 1. The summed E-state index contributed by atoms with van der Waals surface area (Å²) in [7, 11) is 0. The van der Waals surface area contributed by atoms with Gasteiger partial charge in [0.1, 0.15) is 6.04 Å². The van der Waals surface area contributed by atoms with Crippen molar-refractivity contribution < 1.29 is 19.8 Å². The second-order valence-electron chi connectivity index (χ2n) is 3.80. The van der Waals surface area contributed by atoms with Crippen LogP contribution in [0.25, 0.3) is 0 Å². The van der Waals surface area contributed by atoms with Crippen LogP contribution in [0, 0.1) is 6.92 Å². The molecule has 0 spiro atoms. The zero-order chi connectivity index (χ0) is 14.3. The Balaban J connectivity index is 2.18. The second kappa shape index (κ2) is 8.13. The van der Waals surface area contributed by atoms with Gasteiger partial charge in [-0.2, -0.15) is 11.8 Å². The van der Waals surface area contributed by atoms with E-state index >= 15 is 0 Å². The summed E-state index contributed by atoms with van der Waals surface area (Å²) in [6.07, 6.45) is 0.220. The molecular weight excluding hydrogens is 288 g/mol. The van der Waals surface area contributed by atoms with Gasteiger partial charge in [-0.15, -0.1) is 11.3 Å². The number of aliphatic hydroxyl groups excluding tert-OH is 1. The average molecular weight is 304 g/mol. The van der Waals surface area contributed by atoms with Crippen LogP contribution in [0.1, 0.15) is 17.1 Å². The molecule has 1 aromatic heterocycles. The molecule has 0 saturated heterocycles. The first-order valence-corrected chi connectivity index (χ1v) is 7.68. The molecule has 8 heteroatoms. The lowest BCUT2D eigenvalue weighted by Crippen LogP contribution is -2.43. The maximum Gasteiger partial charge on any atom is 0.328 e. The monoisotopic (exact) mass is 304 g/mol. The van der Waals surface area contributed by atoms with E-state index in [0.29, 0.717) is 5.75 Å². The number of hydrogen-bond donors (Lipinski definition) is 3. The van der Waals surface area contributed by atoms with Gasteiger partial charge in [-0.3, -0.25) is 4.79 Å². The number of aromatic nitrogens is 1. The number of nitrogens with zero attached hydrogens (tertiary/aromatic N) is 1. The van der Waals surface area contributed by atoms with Crippen molar-refractivity contribution in [2.75, 3.05) is 12.4 Å². The Morgan fingerprint density at radius 3 is 2.84 bits per heavy atom. The van der Waals surface area contributed by atoms with Gasteiger partial charge in [0, 0.05) is 23.3 Å². The standard InChI is InChI=1S/C11H16N2O4S2/c1-7-12-8(6-19-7)5-18-3-2-10(15)13-9(4-14)11(16)17/h6,9,14H,2-5H2,1H3,(H,13,15)(H,16,17). The first-order chi connectivity index (χ1) is 9.02. The van der Waals surface area contributed by atoms with Gasteiger partial charge in [0.15, 0.2) is 0 Å². The summed E-state index contributed by atoms with van der Waals surface area (Å²) in [5.41, 5.74) is 0.992. The van der Waals surface area contributed by atoms with Crippen molar-refractivity contribution in [3.63, 3.8) is 0 Å². The highest BCUT2D eigenvalue weighted by molar-refractivity contribution is 7.98. The van der Waals surface area contributed by atoms with Crippen LogP contribution in [0.4, 0.5) is 0 Å². The third kappa shape index (κ3) is 6.04. The molecule has 1 amide bonds. The third-order valence-corrected chi connectivity index (χ3v) is 4.02. The van der Waals surface area contributed by atoms with Crippen LogP contribution in [-0.4, -0.2) is 45.5 Å². The molecule has 3 N–H and O–H groups in total. The highest BCUT2D eigenvalue weighted by Crippen LogP contribution is 2.15. The number of carbonyl (C=O) groups excluding carboxylic acids is 1. The van der Waals surface area contributed by atoms with Crippen LogP contribution in [0.15, 0.2) is 5.38 Å². The lowest BCUT2D eigenvalue weighted by Gasteiger charge is -2.11. The van der Waals surface area contributed by atoms with Crippen LogP contribution in [0.3, 0.4) is 0 Å². The number of nitrogens with one attached hydrogen (secondary N) is 1. The topological polar surface area (TPSA) is 99.5 Å². The maximum absolute atomic E-state index is 11.4. The number of hydrogen-bond acceptors (Lipinski definition) is 6. The van der Waals surface area contributed by atoms with Crippen molar-refractivity contribution in [3.8, 4) is 0 Å². The number of amides is 1. The van der Waals surface area contributed by atoms with E-state index < -0.39 is 18.6 Å². The van der Waals surface area contributed by atoms with Gasteiger partial charge >= 0.3 is 5.97 Å². The average Bonchev–Trinajstić information content (AvgIpc) is 2.77. The summed E-state index contributed by atoms with van der Waals surface area (Å²) in [6, 6.07) is -1.22. The predicted octanol–water partition coefficient (Wildman–Crippen LogP) is 0.637. The number of aryl methyl sites for hydroxylation is 1. The summed E-state index contributed by atoms with van der Waals surface area (Å²) in [4.78, 5) is 26.3. The van der Waals surface area contributed by atoms with Crippen molar-refractivity contribution in [3.05, 3.63) is 16.1 Å². The maximum atomic E-state index is 11.4. The second-order valence-corrected chi connectivity index (χ2v) is 5.97. The van der Waals surface area contributed by atoms with Gasteiger partial charge < -0.3 is 15.5 Å². The number of aliphatic hydroxyl groups is 1. The smallest absolute Gasteiger partial charge is 0.328 e. The number of carbonyl (C=O) groups is 2. The first-order valence-electron chi connectivity index (χ1n) is 5.64. The molecule has 0 bridgehead atoms. The zero-order valence-corrected chi connectivity index (χ0v) is 12.1. The Labute approximate surface area is 119 Å². The van der Waals surface area contributed by atoms with Crippen molar-refractivity contribution in [2.24, 2.45) is 0 Å². The zero-order valence-electron chi connectivity index (χ0n) is 10.5. The van der Waals surface area contributed by atoms with Gasteiger partial charge in [0.25, 0.3) is 0 Å². The van der Waals surface area contributed by atoms with E-state index in [9.17, 15) is 9.59 Å². The first kappa shape index (κ1) is 15.9. The molecule has 0 aliphatic heterocycles. The molecule has 1 heterocycles. The quantitative estimate of drug-likeness (QED) is 0.609. The van der Waals surface area contributed by atoms with E-state index in [-0.39, 0.29) is 12.3 Å². The highest BCUT2D eigenvalue weighted by Gasteiger charge is 2.18. The largest absolute Gasteiger partial charge is 0.480 e. The van der Waals surface area contributed by atoms with E-state index in [1.807, 2.05) is 12.3 Å². The van der Waals surface area contributed by atoms with Crippen molar-refractivity contribution in [1.82, 2.24) is 10.3 Å². The molecule has 0 aliphatic rings. The molecule has 0 radical (unpaired) electrons. The van der Waals surface area contributed by atoms with Gasteiger partial charge in [-0.05, 0) is 6.92 Å². The molecule has 1 atom stereocenters. The third-order valence-electron chi connectivity index (χ3n) is 2.21. The highest BCUT2D eigenvalue weighted by atomic mass is 32.2. The van der Waals surface area contributed by atoms with E-state index in [0.717, 1.165) is 16.5 Å². The molecular formula is C11H16N2O4S2. The van der Waals surface area contributed by atoms with Crippen LogP contribution in [0.2, 0.25) is 0 Å². The lowest BCUT2D eigenvalue weighted by molar-refractivity contribution is -0.142. The van der Waals surface area contributed by atoms with E-state index in [1.165, 1.54) is 0 Å². The Bertz CT molecular complexity index is 436. The number of thiazole rings is 1. The minimum Gasteiger partial charge on any atom is -0.480 e. The predicted molar refractivity (Wildman–Crippen MR) is 74.3 cm³/mol. The van der Waals surface area contributed by atoms with Gasteiger partial charge in [0.05, 0.1) is 17.3 Å². The van der Waals surface area contributed by atoms with Gasteiger partial charge in [-0.25, -0.2) is 9.78 Å². The summed E-state index contributed by atoms with van der Waals surface area (Å²) < 4.78 is 0. The normalized spacial score (nSPS) is 12.1. The molecule has 1 rings (SSSR count). The molecule has 0 aromatic carbocycles. The fraction of sp³-hybridized carbons (Fsp3) is 0.545. The minimum absolute atomic E-state index is 0.220. The lowest BCUT2D eigenvalue weighted by atomic mass is 10.3. The summed E-state index contributed by atoms with van der Waals surface area (Å²) in [5.74, 6) is -0.287. The van der Waals surface area contributed by atoms with Gasteiger partial charge in [0.2, 0.25) is 5.91 Å². The minimum atomic E-state index is -1.23. The molecule has 0 saturated carbocycles. The van der Waals surface area contributed by atoms with E-state index in [2.05, 4.69) is 10.3 Å². The Hall–Kier alpha value is -1.12. The van der Waals surface area contributed by atoms with Crippen LogP contribution < -0.4 is 5.32 Å². The fourth-order valence-electron chi connectivity index (χ4n) is 1.27. The number of carboxylic acid groups (broad SMARTS) is 1. The number of aliphatic carboxylic acids is 1. The summed E-state index contributed by atoms with van der Waals surface area (Å²) in [6.45, 7) is 1.33. The summed E-state index contributed by atoms with van der Waals surface area (Å²) in [5, 5.41) is 22.7. The summed E-state index contributed by atoms with van der Waals surface area (Å²) >= 11 is 3.15. The fourth-order valence-corrected chi connectivity index (χ4v) is 2.82. The molecule has 1 aromatic rings. The Morgan fingerprint density at radius 2 is 2.32 bits per heavy atom. The van der Waals surface area contributed by atoms with Crippen molar-refractivity contribution >= 4 is 35.0 Å². The number of rotatable bonds is 8. The van der Waals surface area contributed by atoms with E-state index in [1.54, 1.807) is 23.1 Å². The molecule has 19 heavy (non-hydrogen) atoms. The number of carboxylic acids is 1.